The van der Waals surface area contributed by atoms with Crippen LogP contribution in [0.1, 0.15) is 5.56 Å². The zero-order valence-corrected chi connectivity index (χ0v) is 10.8. The number of alkyl halides is 1. The Bertz CT molecular complexity index is 690. The van der Waals surface area contributed by atoms with E-state index in [2.05, 4.69) is 0 Å². The van der Waals surface area contributed by atoms with Crippen molar-refractivity contribution in [2.75, 3.05) is 0 Å². The standard InChI is InChI=1S/C10H6ClN3OS2/c11-6-13-9(16)14(15-10(13)17)8-3-1-7(5-12)2-4-8/h1-4H,6H2. The van der Waals surface area contributed by atoms with Gasteiger partial charge in [0.15, 0.2) is 0 Å². The van der Waals surface area contributed by atoms with Crippen molar-refractivity contribution in [1.82, 2.24) is 9.31 Å². The van der Waals surface area contributed by atoms with E-state index in [0.29, 0.717) is 16.0 Å². The summed E-state index contributed by atoms with van der Waals surface area (Å²) >= 11 is 15.9. The molecule has 0 saturated heterocycles. The Morgan fingerprint density at radius 1 is 1.29 bits per heavy atom. The molecule has 0 unspecified atom stereocenters. The van der Waals surface area contributed by atoms with Crippen molar-refractivity contribution in [3.8, 4) is 11.8 Å². The van der Waals surface area contributed by atoms with E-state index in [1.807, 2.05) is 6.07 Å². The van der Waals surface area contributed by atoms with Crippen LogP contribution in [0.25, 0.3) is 5.69 Å². The lowest BCUT2D eigenvalue weighted by atomic mass is 10.2. The van der Waals surface area contributed by atoms with Gasteiger partial charge in [-0.25, -0.2) is 0 Å². The van der Waals surface area contributed by atoms with Crippen LogP contribution in [0.2, 0.25) is 0 Å². The number of rotatable bonds is 2. The smallest absolute Gasteiger partial charge is 0.297 e. The number of aromatic nitrogens is 2. The molecule has 0 aliphatic heterocycles. The molecule has 0 fully saturated rings. The molecule has 2 rings (SSSR count). The fourth-order valence-electron chi connectivity index (χ4n) is 1.29. The van der Waals surface area contributed by atoms with Crippen molar-refractivity contribution in [3.63, 3.8) is 0 Å². The van der Waals surface area contributed by atoms with Gasteiger partial charge in [0.1, 0.15) is 6.00 Å². The summed E-state index contributed by atoms with van der Waals surface area (Å²) in [6.07, 6.45) is 0. The molecule has 17 heavy (non-hydrogen) atoms. The predicted molar refractivity (Wildman–Crippen MR) is 68.3 cm³/mol. The molecule has 0 N–H and O–H groups in total. The summed E-state index contributed by atoms with van der Waals surface area (Å²) < 4.78 is 8.60. The highest BCUT2D eigenvalue weighted by molar-refractivity contribution is 7.72. The number of hydrogen-bond donors (Lipinski definition) is 0. The number of halogens is 1. The molecule has 1 aromatic carbocycles. The predicted octanol–water partition coefficient (Wildman–Crippen LogP) is 3.40. The molecule has 0 aliphatic carbocycles. The van der Waals surface area contributed by atoms with Crippen molar-refractivity contribution in [1.29, 1.82) is 5.26 Å². The van der Waals surface area contributed by atoms with Gasteiger partial charge in [-0.2, -0.15) is 5.26 Å². The molecule has 4 nitrogen and oxygen atoms in total. The van der Waals surface area contributed by atoms with Crippen LogP contribution in [-0.2, 0) is 6.00 Å². The van der Waals surface area contributed by atoms with Crippen molar-refractivity contribution < 1.29 is 4.52 Å². The van der Waals surface area contributed by atoms with Gasteiger partial charge in [0, 0.05) is 0 Å². The van der Waals surface area contributed by atoms with E-state index in [-0.39, 0.29) is 10.8 Å². The fraction of sp³-hybridized carbons (Fsp3) is 0.100. The minimum Gasteiger partial charge on any atom is -0.341 e. The van der Waals surface area contributed by atoms with Crippen LogP contribution in [0, 0.1) is 20.9 Å². The monoisotopic (exact) mass is 283 g/mol. The molecule has 0 saturated carbocycles. The Kier molecular flexibility index (Phi) is 3.43. The molecule has 0 amide bonds. The van der Waals surface area contributed by atoms with Gasteiger partial charge in [-0.3, -0.25) is 4.57 Å². The normalized spacial score (nSPS) is 10.1. The van der Waals surface area contributed by atoms with Crippen molar-refractivity contribution >= 4 is 36.0 Å². The number of nitrogens with zero attached hydrogens (tertiary/aromatic N) is 3. The van der Waals surface area contributed by atoms with Gasteiger partial charge in [-0.05, 0) is 48.7 Å². The molecule has 86 valence electrons. The van der Waals surface area contributed by atoms with E-state index in [0.717, 1.165) is 0 Å². The molecule has 1 heterocycles. The Labute approximate surface area is 112 Å². The number of nitriles is 1. The van der Waals surface area contributed by atoms with Gasteiger partial charge < -0.3 is 4.52 Å². The Morgan fingerprint density at radius 2 is 1.94 bits per heavy atom. The first kappa shape index (κ1) is 12.0. The van der Waals surface area contributed by atoms with Crippen LogP contribution in [-0.4, -0.2) is 9.31 Å². The van der Waals surface area contributed by atoms with E-state index in [1.165, 1.54) is 9.31 Å². The highest BCUT2D eigenvalue weighted by Crippen LogP contribution is 2.12. The summed E-state index contributed by atoms with van der Waals surface area (Å²) in [5, 5.41) is 8.70. The van der Waals surface area contributed by atoms with Gasteiger partial charge in [0.2, 0.25) is 4.77 Å². The summed E-state index contributed by atoms with van der Waals surface area (Å²) in [7, 11) is 0. The topological polar surface area (TPSA) is 46.8 Å². The number of benzene rings is 1. The van der Waals surface area contributed by atoms with Crippen LogP contribution >= 0.6 is 36.0 Å². The van der Waals surface area contributed by atoms with E-state index in [1.54, 1.807) is 24.3 Å². The molecular weight excluding hydrogens is 278 g/mol. The van der Waals surface area contributed by atoms with Crippen LogP contribution < -0.4 is 0 Å². The Balaban J connectivity index is 2.58. The van der Waals surface area contributed by atoms with Gasteiger partial charge >= 0.3 is 0 Å². The van der Waals surface area contributed by atoms with Crippen molar-refractivity contribution in [2.24, 2.45) is 0 Å². The Morgan fingerprint density at radius 3 is 2.41 bits per heavy atom. The minimum absolute atomic E-state index is 0.143. The first-order valence-electron chi connectivity index (χ1n) is 4.57. The molecule has 0 bridgehead atoms. The summed E-state index contributed by atoms with van der Waals surface area (Å²) in [6.45, 7) is 0. The van der Waals surface area contributed by atoms with Crippen LogP contribution in [0.15, 0.2) is 28.8 Å². The third-order valence-electron chi connectivity index (χ3n) is 2.14. The molecular formula is C10H6ClN3OS2. The fourth-order valence-corrected chi connectivity index (χ4v) is 2.23. The molecule has 0 spiro atoms. The lowest BCUT2D eigenvalue weighted by Gasteiger charge is -1.99. The minimum atomic E-state index is 0.143. The SMILES string of the molecule is N#Cc1ccc(-n2oc(=S)n(CCl)c2=S)cc1. The third-order valence-corrected chi connectivity index (χ3v) is 3.07. The second kappa shape index (κ2) is 4.84. The summed E-state index contributed by atoms with van der Waals surface area (Å²) in [4.78, 5) is 0.217. The average molecular weight is 284 g/mol. The van der Waals surface area contributed by atoms with Gasteiger partial charge in [0.05, 0.1) is 17.3 Å². The largest absolute Gasteiger partial charge is 0.341 e. The first-order chi connectivity index (χ1) is 8.17. The van der Waals surface area contributed by atoms with Crippen LogP contribution in [0.5, 0.6) is 0 Å². The van der Waals surface area contributed by atoms with E-state index >= 15 is 0 Å². The second-order valence-corrected chi connectivity index (χ2v) is 4.09. The first-order valence-corrected chi connectivity index (χ1v) is 5.92. The highest BCUT2D eigenvalue weighted by atomic mass is 35.5. The van der Waals surface area contributed by atoms with Crippen LogP contribution in [0.4, 0.5) is 0 Å². The average Bonchev–Trinajstić information content (AvgIpc) is 2.64. The molecule has 1 aromatic heterocycles. The maximum Gasteiger partial charge on any atom is 0.297 e. The molecule has 7 heteroatoms. The van der Waals surface area contributed by atoms with Gasteiger partial charge in [-0.15, -0.1) is 16.3 Å². The number of hydrogen-bond acceptors (Lipinski definition) is 4. The maximum atomic E-state index is 8.70. The highest BCUT2D eigenvalue weighted by Gasteiger charge is 2.06. The van der Waals surface area contributed by atoms with Crippen molar-refractivity contribution in [2.45, 2.75) is 6.00 Å². The Hall–Kier alpha value is -1.42. The lowest BCUT2D eigenvalue weighted by Crippen LogP contribution is -1.96. The van der Waals surface area contributed by atoms with Gasteiger partial charge in [0.25, 0.3) is 4.84 Å². The van der Waals surface area contributed by atoms with Gasteiger partial charge in [-0.1, -0.05) is 0 Å². The molecule has 0 radical (unpaired) electrons. The quantitative estimate of drug-likeness (QED) is 0.626. The van der Waals surface area contributed by atoms with Crippen LogP contribution in [0.3, 0.4) is 0 Å². The van der Waals surface area contributed by atoms with E-state index in [9.17, 15) is 0 Å². The maximum absolute atomic E-state index is 8.70. The third kappa shape index (κ3) is 2.17. The van der Waals surface area contributed by atoms with E-state index < -0.39 is 0 Å². The van der Waals surface area contributed by atoms with E-state index in [4.69, 9.17) is 45.8 Å². The molecule has 0 aliphatic rings. The molecule has 0 atom stereocenters. The summed E-state index contributed by atoms with van der Waals surface area (Å²) in [6, 6.07) is 8.98. The second-order valence-electron chi connectivity index (χ2n) is 3.14. The summed E-state index contributed by atoms with van der Waals surface area (Å²) in [5.41, 5.74) is 1.26. The summed E-state index contributed by atoms with van der Waals surface area (Å²) in [5.74, 6) is 0. The zero-order valence-electron chi connectivity index (χ0n) is 8.46. The van der Waals surface area contributed by atoms with Crippen molar-refractivity contribution in [3.05, 3.63) is 39.4 Å². The zero-order chi connectivity index (χ0) is 12.4. The lowest BCUT2D eigenvalue weighted by molar-refractivity contribution is 0.330. The molecule has 2 aromatic rings.